The average molecular weight is 655 g/mol. The molecule has 3 fully saturated rings. The minimum Gasteiger partial charge on any atom is -0.459 e. The summed E-state index contributed by atoms with van der Waals surface area (Å²) >= 11 is 0. The highest BCUT2D eigenvalue weighted by atomic mass is 19.1. The second-order valence-corrected chi connectivity index (χ2v) is 12.5. The zero-order valence-electron chi connectivity index (χ0n) is 26.9. The minimum absolute atomic E-state index is 0.00847. The van der Waals surface area contributed by atoms with Gasteiger partial charge in [0, 0.05) is 44.1 Å². The van der Waals surface area contributed by atoms with E-state index in [1.54, 1.807) is 6.07 Å². The van der Waals surface area contributed by atoms with Crippen LogP contribution in [0.4, 0.5) is 21.8 Å². The number of benzene rings is 1. The Morgan fingerprint density at radius 3 is 2.53 bits per heavy atom. The molecule has 2 N–H and O–H groups in total. The van der Waals surface area contributed by atoms with Gasteiger partial charge in [0.1, 0.15) is 11.8 Å². The first-order valence-corrected chi connectivity index (χ1v) is 15.5. The van der Waals surface area contributed by atoms with E-state index in [0.717, 1.165) is 52.3 Å². The first-order chi connectivity index (χ1) is 22.3. The summed E-state index contributed by atoms with van der Waals surface area (Å²) in [5, 5.41) is 16.2. The number of aromatic nitrogens is 2. The molecule has 3 saturated heterocycles. The second-order valence-electron chi connectivity index (χ2n) is 12.5. The van der Waals surface area contributed by atoms with Crippen LogP contribution in [0.15, 0.2) is 24.4 Å². The maximum Gasteiger partial charge on any atom is 0.303 e. The topological polar surface area (TPSA) is 174 Å². The number of nitriles is 1. The predicted octanol–water partition coefficient (Wildman–Crippen LogP) is 3.58. The summed E-state index contributed by atoms with van der Waals surface area (Å²) < 4.78 is 42.4. The number of fused-ring (bicyclic) bond motifs is 1. The number of esters is 3. The van der Waals surface area contributed by atoms with Gasteiger partial charge in [-0.3, -0.25) is 19.3 Å². The zero-order chi connectivity index (χ0) is 33.9. The first-order valence-electron chi connectivity index (χ1n) is 15.5. The van der Waals surface area contributed by atoms with Crippen LogP contribution in [0.2, 0.25) is 0 Å². The quantitative estimate of drug-likeness (QED) is 0.297. The van der Waals surface area contributed by atoms with Crippen LogP contribution in [0.5, 0.6) is 5.75 Å². The van der Waals surface area contributed by atoms with E-state index in [1.807, 2.05) is 6.07 Å². The molecular formula is C32H39FN6O8. The van der Waals surface area contributed by atoms with Gasteiger partial charge in [-0.2, -0.15) is 10.2 Å². The molecule has 14 nitrogen and oxygen atoms in total. The normalized spacial score (nSPS) is 26.7. The Balaban J connectivity index is 1.31. The Hall–Kier alpha value is -4.55. The summed E-state index contributed by atoms with van der Waals surface area (Å²) in [7, 11) is 0. The lowest BCUT2D eigenvalue weighted by Crippen LogP contribution is -2.59. The van der Waals surface area contributed by atoms with Crippen LogP contribution < -0.4 is 15.4 Å². The summed E-state index contributed by atoms with van der Waals surface area (Å²) in [6.45, 7) is 8.77. The molecule has 15 heteroatoms. The number of rotatable bonds is 9. The van der Waals surface area contributed by atoms with Crippen molar-refractivity contribution >= 4 is 35.4 Å². The van der Waals surface area contributed by atoms with Crippen molar-refractivity contribution in [2.75, 3.05) is 23.8 Å². The molecule has 1 unspecified atom stereocenters. The van der Waals surface area contributed by atoms with Gasteiger partial charge in [-0.15, -0.1) is 0 Å². The number of anilines is 3. The van der Waals surface area contributed by atoms with Gasteiger partial charge in [-0.1, -0.05) is 0 Å². The molecule has 0 amide bonds. The van der Waals surface area contributed by atoms with Gasteiger partial charge < -0.3 is 34.3 Å². The number of halogens is 1. The van der Waals surface area contributed by atoms with Crippen LogP contribution in [0.3, 0.4) is 0 Å². The van der Waals surface area contributed by atoms with E-state index in [4.69, 9.17) is 23.7 Å². The van der Waals surface area contributed by atoms with E-state index in [1.165, 1.54) is 19.1 Å². The fourth-order valence-corrected chi connectivity index (χ4v) is 6.70. The molecule has 0 saturated carbocycles. The molecule has 6 atom stereocenters. The third kappa shape index (κ3) is 8.06. The van der Waals surface area contributed by atoms with E-state index in [9.17, 15) is 24.0 Å². The van der Waals surface area contributed by atoms with Gasteiger partial charge in [0.2, 0.25) is 18.3 Å². The van der Waals surface area contributed by atoms with E-state index in [2.05, 4.69) is 39.3 Å². The molecule has 3 aliphatic heterocycles. The van der Waals surface area contributed by atoms with Crippen LogP contribution in [0.1, 0.15) is 65.9 Å². The monoisotopic (exact) mass is 654 g/mol. The first kappa shape index (κ1) is 33.8. The number of piperidine rings is 1. The van der Waals surface area contributed by atoms with Crippen molar-refractivity contribution in [3.8, 4) is 11.8 Å². The molecule has 0 aliphatic carbocycles. The maximum absolute atomic E-state index is 14.8. The summed E-state index contributed by atoms with van der Waals surface area (Å²) in [6.07, 6.45) is 0.168. The van der Waals surface area contributed by atoms with E-state index in [-0.39, 0.29) is 41.3 Å². The highest BCUT2D eigenvalue weighted by Gasteiger charge is 2.48. The lowest BCUT2D eigenvalue weighted by molar-refractivity contribution is -0.259. The standard InChI is InChI=1S/C32H39FN6O8/c1-17(40)44-26-16-43-30(28(46-19(3)42)27(26)45-18(2)41)47-25-9-8-21(11-20(25)14-34)37-31-35-15-24(33)29(38-31)36-22-12-23-7-6-10-39(23)32(4,5)13-22/h8-9,11,15,22-23,26-28,30H,6-7,10,12-13,16H2,1-5H3,(H2,35,36,37,38)/t22-,23+,26-,27-,28+,30?/m1/s1. The highest BCUT2D eigenvalue weighted by molar-refractivity contribution is 5.68. The Labute approximate surface area is 271 Å². The van der Waals surface area contributed by atoms with Crippen LogP contribution in [0, 0.1) is 17.1 Å². The lowest BCUT2D eigenvalue weighted by atomic mass is 9.84. The Bertz CT molecular complexity index is 1550. The molecule has 2 aromatic rings. The van der Waals surface area contributed by atoms with Crippen molar-refractivity contribution in [3.05, 3.63) is 35.8 Å². The molecule has 47 heavy (non-hydrogen) atoms. The van der Waals surface area contributed by atoms with Crippen molar-refractivity contribution in [1.29, 1.82) is 5.26 Å². The largest absolute Gasteiger partial charge is 0.459 e. The number of hydrogen-bond acceptors (Lipinski definition) is 14. The number of hydrogen-bond donors (Lipinski definition) is 2. The van der Waals surface area contributed by atoms with Crippen molar-refractivity contribution in [3.63, 3.8) is 0 Å². The molecule has 1 aromatic heterocycles. The second kappa shape index (κ2) is 14.1. The molecule has 5 rings (SSSR count). The summed E-state index contributed by atoms with van der Waals surface area (Å²) in [5.74, 6) is -2.38. The van der Waals surface area contributed by atoms with Crippen molar-refractivity contribution in [2.24, 2.45) is 0 Å². The fraction of sp³-hybridized carbons (Fsp3) is 0.562. The minimum atomic E-state index is -1.33. The Morgan fingerprint density at radius 2 is 1.83 bits per heavy atom. The van der Waals surface area contributed by atoms with Crippen molar-refractivity contribution < 1.29 is 42.5 Å². The van der Waals surface area contributed by atoms with Crippen LogP contribution in [-0.2, 0) is 33.3 Å². The maximum atomic E-state index is 14.8. The van der Waals surface area contributed by atoms with Gasteiger partial charge in [-0.25, -0.2) is 9.37 Å². The average Bonchev–Trinajstić information content (AvgIpc) is 3.47. The Morgan fingerprint density at radius 1 is 1.11 bits per heavy atom. The SMILES string of the molecule is CC(=O)O[C@H]1[C@H](OC(C)=O)C(Oc2ccc(Nc3ncc(F)c(N[C@@H]4C[C@@H]5CCCN5C(C)(C)C4)n3)cc2C#N)OC[C@H]1OC(C)=O. The number of carbonyl (C=O) groups is 3. The number of nitrogens with one attached hydrogen (secondary N) is 2. The van der Waals surface area contributed by atoms with Gasteiger partial charge in [-0.05, 0) is 64.3 Å². The molecule has 0 bridgehead atoms. The van der Waals surface area contributed by atoms with Gasteiger partial charge in [0.05, 0.1) is 18.4 Å². The zero-order valence-corrected chi connectivity index (χ0v) is 26.9. The third-order valence-corrected chi connectivity index (χ3v) is 8.45. The number of nitrogens with zero attached hydrogens (tertiary/aromatic N) is 4. The van der Waals surface area contributed by atoms with Crippen LogP contribution >= 0.6 is 0 Å². The summed E-state index contributed by atoms with van der Waals surface area (Å²) in [4.78, 5) is 46.5. The van der Waals surface area contributed by atoms with Crippen molar-refractivity contribution in [1.82, 2.24) is 14.9 Å². The smallest absolute Gasteiger partial charge is 0.303 e. The fourth-order valence-electron chi connectivity index (χ4n) is 6.70. The molecule has 252 valence electrons. The Kier molecular flexibility index (Phi) is 10.1. The number of carbonyl (C=O) groups excluding carboxylic acids is 3. The molecule has 0 radical (unpaired) electrons. The number of ether oxygens (including phenoxy) is 5. The molecule has 0 spiro atoms. The van der Waals surface area contributed by atoms with Crippen LogP contribution in [0.25, 0.3) is 0 Å². The summed E-state index contributed by atoms with van der Waals surface area (Å²) in [5.41, 5.74) is 0.476. The van der Waals surface area contributed by atoms with E-state index >= 15 is 0 Å². The molecular weight excluding hydrogens is 615 g/mol. The lowest BCUT2D eigenvalue weighted by Gasteiger charge is -2.47. The van der Waals surface area contributed by atoms with Crippen molar-refractivity contribution in [2.45, 2.75) is 103 Å². The van der Waals surface area contributed by atoms with E-state index < -0.39 is 48.3 Å². The van der Waals surface area contributed by atoms with Crippen LogP contribution in [-0.4, -0.2) is 88.2 Å². The predicted molar refractivity (Wildman–Crippen MR) is 164 cm³/mol. The molecule has 3 aliphatic rings. The molecule has 4 heterocycles. The summed E-state index contributed by atoms with van der Waals surface area (Å²) in [6, 6.07) is 7.09. The highest BCUT2D eigenvalue weighted by Crippen LogP contribution is 2.39. The molecule has 1 aromatic carbocycles. The van der Waals surface area contributed by atoms with Gasteiger partial charge in [0.15, 0.2) is 23.8 Å². The van der Waals surface area contributed by atoms with Gasteiger partial charge in [0.25, 0.3) is 0 Å². The van der Waals surface area contributed by atoms with Gasteiger partial charge >= 0.3 is 17.9 Å². The third-order valence-electron chi connectivity index (χ3n) is 8.45. The van der Waals surface area contributed by atoms with E-state index in [0.29, 0.717) is 11.7 Å².